The van der Waals surface area contributed by atoms with Crippen LogP contribution in [0.4, 0.5) is 11.4 Å². The number of hydrogen-bond acceptors (Lipinski definition) is 5. The Hall–Kier alpha value is -4.67. The molecule has 0 aliphatic carbocycles. The number of carboxylic acid groups (broad SMARTS) is 1. The summed E-state index contributed by atoms with van der Waals surface area (Å²) in [6.45, 7) is 1.89. The monoisotopic (exact) mass is 657 g/mol. The fraction of sp³-hybridized carbons (Fsp3) is 0.0909. The van der Waals surface area contributed by atoms with Crippen LogP contribution in [0.5, 0.6) is 0 Å². The van der Waals surface area contributed by atoms with E-state index >= 15 is 0 Å². The molecular formula is C33H28BrN3O5S. The maximum atomic E-state index is 13.4. The second kappa shape index (κ2) is 15.0. The van der Waals surface area contributed by atoms with Crippen LogP contribution in [0.15, 0.2) is 118 Å². The number of halogens is 1. The van der Waals surface area contributed by atoms with E-state index in [0.717, 1.165) is 9.37 Å². The van der Waals surface area contributed by atoms with Crippen molar-refractivity contribution in [3.05, 3.63) is 130 Å². The highest BCUT2D eigenvalue weighted by molar-refractivity contribution is 9.10. The minimum atomic E-state index is -1.04. The summed E-state index contributed by atoms with van der Waals surface area (Å²) in [5.74, 6) is -2.20. The molecule has 0 heterocycles. The molecule has 0 spiro atoms. The molecule has 0 saturated heterocycles. The second-order valence-corrected chi connectivity index (χ2v) is 11.5. The fourth-order valence-corrected chi connectivity index (χ4v) is 5.39. The summed E-state index contributed by atoms with van der Waals surface area (Å²) < 4.78 is 0.826. The summed E-state index contributed by atoms with van der Waals surface area (Å²) in [5.41, 5.74) is 2.31. The van der Waals surface area contributed by atoms with Crippen LogP contribution < -0.4 is 16.0 Å². The average Bonchev–Trinajstić information content (AvgIpc) is 3.00. The Bertz CT molecular complexity index is 1660. The molecule has 0 fully saturated rings. The molecule has 0 saturated carbocycles. The van der Waals surface area contributed by atoms with Gasteiger partial charge in [0.05, 0.1) is 10.8 Å². The van der Waals surface area contributed by atoms with Gasteiger partial charge in [-0.25, -0.2) is 4.79 Å². The van der Waals surface area contributed by atoms with Crippen molar-refractivity contribution in [3.63, 3.8) is 0 Å². The molecule has 3 amide bonds. The van der Waals surface area contributed by atoms with E-state index in [9.17, 15) is 19.2 Å². The first-order valence-corrected chi connectivity index (χ1v) is 14.9. The molecule has 0 aliphatic heterocycles. The highest BCUT2D eigenvalue weighted by atomic mass is 79.9. The van der Waals surface area contributed by atoms with Gasteiger partial charge in [0.25, 0.3) is 11.8 Å². The number of aromatic carboxylic acids is 1. The zero-order chi connectivity index (χ0) is 30.8. The lowest BCUT2D eigenvalue weighted by molar-refractivity contribution is -0.116. The quantitative estimate of drug-likeness (QED) is 0.101. The molecule has 8 nitrogen and oxygen atoms in total. The average molecular weight is 659 g/mol. The molecule has 0 aliphatic rings. The lowest BCUT2D eigenvalue weighted by atomic mass is 10.1. The van der Waals surface area contributed by atoms with Crippen LogP contribution >= 0.6 is 27.7 Å². The van der Waals surface area contributed by atoms with Crippen molar-refractivity contribution < 1.29 is 24.3 Å². The van der Waals surface area contributed by atoms with Crippen LogP contribution in [-0.2, 0) is 9.59 Å². The normalized spacial score (nSPS) is 11.7. The molecule has 0 aromatic heterocycles. The summed E-state index contributed by atoms with van der Waals surface area (Å²) >= 11 is 4.77. The van der Waals surface area contributed by atoms with Crippen molar-refractivity contribution in [1.82, 2.24) is 5.32 Å². The molecule has 0 bridgehead atoms. The van der Waals surface area contributed by atoms with E-state index in [2.05, 4.69) is 31.9 Å². The summed E-state index contributed by atoms with van der Waals surface area (Å²) in [5, 5.41) is 17.0. The zero-order valence-electron chi connectivity index (χ0n) is 23.0. The number of anilines is 2. The van der Waals surface area contributed by atoms with Gasteiger partial charge in [0, 0.05) is 26.3 Å². The third-order valence-electron chi connectivity index (χ3n) is 6.12. The number of benzene rings is 4. The molecule has 43 heavy (non-hydrogen) atoms. The van der Waals surface area contributed by atoms with Crippen LogP contribution in [-0.4, -0.2) is 34.0 Å². The molecule has 4 aromatic rings. The first-order chi connectivity index (χ1) is 20.7. The Labute approximate surface area is 261 Å². The number of amides is 3. The number of rotatable bonds is 11. The number of carbonyl (C=O) groups is 4. The van der Waals surface area contributed by atoms with Crippen LogP contribution in [0.3, 0.4) is 0 Å². The van der Waals surface area contributed by atoms with E-state index in [1.807, 2.05) is 37.3 Å². The van der Waals surface area contributed by atoms with Gasteiger partial charge in [-0.3, -0.25) is 14.4 Å². The van der Waals surface area contributed by atoms with E-state index in [4.69, 9.17) is 5.11 Å². The molecule has 218 valence electrons. The minimum Gasteiger partial charge on any atom is -0.478 e. The number of nitrogens with one attached hydrogen (secondary N) is 3. The van der Waals surface area contributed by atoms with Crippen molar-refractivity contribution in [2.24, 2.45) is 0 Å². The Balaban J connectivity index is 1.48. The fourth-order valence-electron chi connectivity index (χ4n) is 3.96. The van der Waals surface area contributed by atoms with Gasteiger partial charge in [-0.1, -0.05) is 59.3 Å². The van der Waals surface area contributed by atoms with Crippen LogP contribution in [0.2, 0.25) is 0 Å². The van der Waals surface area contributed by atoms with Crippen molar-refractivity contribution in [2.75, 3.05) is 10.6 Å². The summed E-state index contributed by atoms with van der Waals surface area (Å²) in [6, 6.07) is 29.0. The van der Waals surface area contributed by atoms with Crippen LogP contribution in [0.25, 0.3) is 6.08 Å². The Morgan fingerprint density at radius 1 is 0.814 bits per heavy atom. The van der Waals surface area contributed by atoms with E-state index in [-0.39, 0.29) is 17.2 Å². The SMILES string of the molecule is CCC(Sc1cccc(NC(=O)/C(=C\c2cccc(Br)c2)NC(=O)c2ccccc2)c1)C(=O)Nc1ccc(C(=O)O)cc1. The number of hydrogen-bond donors (Lipinski definition) is 4. The van der Waals surface area contributed by atoms with E-state index in [1.54, 1.807) is 66.7 Å². The zero-order valence-corrected chi connectivity index (χ0v) is 25.4. The van der Waals surface area contributed by atoms with Gasteiger partial charge in [-0.2, -0.15) is 0 Å². The molecule has 1 unspecified atom stereocenters. The van der Waals surface area contributed by atoms with Crippen molar-refractivity contribution in [1.29, 1.82) is 0 Å². The molecule has 4 aromatic carbocycles. The van der Waals surface area contributed by atoms with Crippen molar-refractivity contribution in [3.8, 4) is 0 Å². The smallest absolute Gasteiger partial charge is 0.335 e. The third kappa shape index (κ3) is 9.16. The predicted octanol–water partition coefficient (Wildman–Crippen LogP) is 7.07. The summed E-state index contributed by atoms with van der Waals surface area (Å²) in [4.78, 5) is 51.1. The first kappa shape index (κ1) is 31.3. The van der Waals surface area contributed by atoms with Crippen molar-refractivity contribution >= 4 is 68.8 Å². The number of thioether (sulfide) groups is 1. The Morgan fingerprint density at radius 3 is 2.21 bits per heavy atom. The van der Waals surface area contributed by atoms with Gasteiger partial charge < -0.3 is 21.1 Å². The van der Waals surface area contributed by atoms with Gasteiger partial charge in [0.1, 0.15) is 5.70 Å². The van der Waals surface area contributed by atoms with Crippen molar-refractivity contribution in [2.45, 2.75) is 23.5 Å². The summed E-state index contributed by atoms with van der Waals surface area (Å²) in [7, 11) is 0. The topological polar surface area (TPSA) is 125 Å². The Kier molecular flexibility index (Phi) is 10.9. The second-order valence-electron chi connectivity index (χ2n) is 9.30. The molecule has 4 rings (SSSR count). The standard InChI is InChI=1S/C33H28BrN3O5S/c1-2-29(32(40)35-25-16-14-23(15-17-25)33(41)42)43-27-13-7-12-26(20-27)36-31(39)28(19-21-8-6-11-24(34)18-21)37-30(38)22-9-4-3-5-10-22/h3-20,29H,2H2,1H3,(H,35,40)(H,36,39)(H,37,38)(H,41,42)/b28-19+. The van der Waals surface area contributed by atoms with Gasteiger partial charge >= 0.3 is 5.97 Å². The van der Waals surface area contributed by atoms with Crippen LogP contribution in [0, 0.1) is 0 Å². The van der Waals surface area contributed by atoms with E-state index in [0.29, 0.717) is 28.9 Å². The maximum absolute atomic E-state index is 13.4. The predicted molar refractivity (Wildman–Crippen MR) is 173 cm³/mol. The lowest BCUT2D eigenvalue weighted by Gasteiger charge is -2.16. The molecular weight excluding hydrogens is 630 g/mol. The third-order valence-corrected chi connectivity index (χ3v) is 7.97. The molecule has 1 atom stereocenters. The number of carbonyl (C=O) groups excluding carboxylic acids is 3. The van der Waals surface area contributed by atoms with E-state index in [1.165, 1.54) is 23.9 Å². The van der Waals surface area contributed by atoms with Gasteiger partial charge in [0.15, 0.2) is 0 Å². The highest BCUT2D eigenvalue weighted by Crippen LogP contribution is 2.29. The molecule has 4 N–H and O–H groups in total. The maximum Gasteiger partial charge on any atom is 0.335 e. The summed E-state index contributed by atoms with van der Waals surface area (Å²) in [6.07, 6.45) is 2.13. The first-order valence-electron chi connectivity index (χ1n) is 13.3. The molecule has 10 heteroatoms. The van der Waals surface area contributed by atoms with Gasteiger partial charge in [-0.15, -0.1) is 11.8 Å². The van der Waals surface area contributed by atoms with Crippen LogP contribution in [0.1, 0.15) is 39.6 Å². The minimum absolute atomic E-state index is 0.0599. The van der Waals surface area contributed by atoms with E-state index < -0.39 is 23.0 Å². The Morgan fingerprint density at radius 2 is 1.53 bits per heavy atom. The van der Waals surface area contributed by atoms with Gasteiger partial charge in [-0.05, 0) is 84.8 Å². The number of carboxylic acids is 1. The van der Waals surface area contributed by atoms with Gasteiger partial charge in [0.2, 0.25) is 5.91 Å². The molecule has 0 radical (unpaired) electrons. The highest BCUT2D eigenvalue weighted by Gasteiger charge is 2.20. The lowest BCUT2D eigenvalue weighted by Crippen LogP contribution is -2.30. The largest absolute Gasteiger partial charge is 0.478 e.